The van der Waals surface area contributed by atoms with E-state index in [2.05, 4.69) is 13.2 Å². The number of ether oxygens (including phenoxy) is 2. The summed E-state index contributed by atoms with van der Waals surface area (Å²) in [7, 11) is 1.33. The van der Waals surface area contributed by atoms with Gasteiger partial charge >= 0.3 is 0 Å². The maximum atomic E-state index is 14.9. The number of aliphatic hydroxyl groups is 1. The lowest BCUT2D eigenvalue weighted by molar-refractivity contribution is 0.122. The van der Waals surface area contributed by atoms with E-state index in [9.17, 15) is 18.3 Å². The van der Waals surface area contributed by atoms with Crippen LogP contribution < -0.4 is 0 Å². The third-order valence-electron chi connectivity index (χ3n) is 6.87. The minimum atomic E-state index is -0.725. The average Bonchev–Trinajstić information content (AvgIpc) is 2.80. The highest BCUT2D eigenvalue weighted by atomic mass is 19.2. The summed E-state index contributed by atoms with van der Waals surface area (Å²) in [6.45, 7) is 7.52. The van der Waals surface area contributed by atoms with Crippen LogP contribution in [0.3, 0.4) is 0 Å². The predicted molar refractivity (Wildman–Crippen MR) is 119 cm³/mol. The van der Waals surface area contributed by atoms with Crippen molar-refractivity contribution in [2.24, 2.45) is 5.92 Å². The molecule has 0 aromatic heterocycles. The molecule has 2 aliphatic rings. The Hall–Kier alpha value is -2.21. The van der Waals surface area contributed by atoms with Gasteiger partial charge in [0.05, 0.1) is 19.8 Å². The third-order valence-corrected chi connectivity index (χ3v) is 6.87. The van der Waals surface area contributed by atoms with E-state index >= 15 is 0 Å². The predicted octanol–water partition coefficient (Wildman–Crippen LogP) is 6.80. The molecule has 0 saturated heterocycles. The summed E-state index contributed by atoms with van der Waals surface area (Å²) in [5.41, 5.74) is 0.893. The number of hydrogen-bond acceptors (Lipinski definition) is 3. The molecule has 0 unspecified atom stereocenters. The highest BCUT2D eigenvalue weighted by Gasteiger charge is 2.29. The molecule has 3 rings (SSSR count). The summed E-state index contributed by atoms with van der Waals surface area (Å²) in [5, 5.41) is 9.66. The Bertz CT molecular complexity index is 848. The summed E-state index contributed by atoms with van der Waals surface area (Å²) in [6.07, 6.45) is 6.59. The van der Waals surface area contributed by atoms with Gasteiger partial charge in [0, 0.05) is 6.08 Å². The number of allylic oxidation sites excluding steroid dienone is 2. The molecule has 2 fully saturated rings. The molecule has 2 saturated carbocycles. The molecule has 1 aromatic carbocycles. The van der Waals surface area contributed by atoms with Crippen LogP contribution in [-0.4, -0.2) is 24.9 Å². The molecule has 0 amide bonds. The molecule has 0 atom stereocenters. The van der Waals surface area contributed by atoms with Crippen molar-refractivity contribution in [2.45, 2.75) is 69.3 Å². The van der Waals surface area contributed by atoms with E-state index in [4.69, 9.17) is 9.47 Å². The van der Waals surface area contributed by atoms with E-state index in [-0.39, 0.29) is 35.4 Å². The molecule has 32 heavy (non-hydrogen) atoms. The van der Waals surface area contributed by atoms with Crippen molar-refractivity contribution in [3.63, 3.8) is 0 Å². The molecule has 3 nitrogen and oxygen atoms in total. The number of halogens is 3. The van der Waals surface area contributed by atoms with Crippen LogP contribution >= 0.6 is 0 Å². The first-order valence-corrected chi connectivity index (χ1v) is 11.4. The van der Waals surface area contributed by atoms with Crippen LogP contribution in [0, 0.1) is 17.6 Å². The quantitative estimate of drug-likeness (QED) is 0.350. The average molecular weight is 451 g/mol. The van der Waals surface area contributed by atoms with E-state index in [1.54, 1.807) is 12.1 Å². The van der Waals surface area contributed by atoms with E-state index in [1.807, 2.05) is 0 Å². The third kappa shape index (κ3) is 5.97. The van der Waals surface area contributed by atoms with Gasteiger partial charge in [0.25, 0.3) is 0 Å². The Morgan fingerprint density at radius 2 is 1.47 bits per heavy atom. The minimum Gasteiger partial charge on any atom is -0.494 e. The highest BCUT2D eigenvalue weighted by Crippen LogP contribution is 2.40. The largest absolute Gasteiger partial charge is 0.494 e. The molecule has 0 heterocycles. The molecular formula is C26H33F3O3. The number of benzene rings is 1. The monoisotopic (exact) mass is 450 g/mol. The zero-order chi connectivity index (χ0) is 23.3. The number of hydrogen-bond donors (Lipinski definition) is 1. The standard InChI is InChI=1S/C26H33F3O3/c1-16(14-24(27)17(2)31-3)32-15-18-4-6-19(7-5-18)22-12-13-23(26(29)25(22)28)20-8-10-21(30)11-9-20/h12-14,18-21,30H,1-2,4-11,15H2,3H3/b24-14+. The summed E-state index contributed by atoms with van der Waals surface area (Å²) in [6, 6.07) is 3.49. The molecular weight excluding hydrogens is 417 g/mol. The maximum absolute atomic E-state index is 14.9. The lowest BCUT2D eigenvalue weighted by atomic mass is 9.77. The van der Waals surface area contributed by atoms with Gasteiger partial charge in [-0.15, -0.1) is 0 Å². The van der Waals surface area contributed by atoms with Crippen molar-refractivity contribution in [1.82, 2.24) is 0 Å². The first-order chi connectivity index (χ1) is 15.3. The fraction of sp³-hybridized carbons (Fsp3) is 0.538. The fourth-order valence-electron chi connectivity index (χ4n) is 4.82. The van der Waals surface area contributed by atoms with Crippen LogP contribution in [-0.2, 0) is 9.47 Å². The SMILES string of the molecule is C=C(/C=C(/F)C(=C)OC)OCC1CCC(c2ccc(C3CCC(O)CC3)c(F)c2F)CC1. The number of aliphatic hydroxyl groups excluding tert-OH is 1. The Morgan fingerprint density at radius 3 is 1.97 bits per heavy atom. The second kappa shape index (κ2) is 11.1. The van der Waals surface area contributed by atoms with Crippen molar-refractivity contribution < 1.29 is 27.8 Å². The lowest BCUT2D eigenvalue weighted by Crippen LogP contribution is -2.20. The maximum Gasteiger partial charge on any atom is 0.168 e. The molecule has 0 bridgehead atoms. The van der Waals surface area contributed by atoms with Gasteiger partial charge in [0.1, 0.15) is 11.5 Å². The zero-order valence-electron chi connectivity index (χ0n) is 18.7. The fourth-order valence-corrected chi connectivity index (χ4v) is 4.82. The molecule has 2 aliphatic carbocycles. The summed E-state index contributed by atoms with van der Waals surface area (Å²) in [4.78, 5) is 0. The molecule has 1 aromatic rings. The van der Waals surface area contributed by atoms with Gasteiger partial charge in [-0.05, 0) is 80.2 Å². The van der Waals surface area contributed by atoms with Gasteiger partial charge in [0.2, 0.25) is 0 Å². The Labute approximate surface area is 188 Å². The van der Waals surface area contributed by atoms with Crippen LogP contribution in [0.4, 0.5) is 13.2 Å². The van der Waals surface area contributed by atoms with Crippen LogP contribution in [0.1, 0.15) is 74.3 Å². The van der Waals surface area contributed by atoms with Crippen molar-refractivity contribution >= 4 is 0 Å². The molecule has 0 radical (unpaired) electrons. The summed E-state index contributed by atoms with van der Waals surface area (Å²) < 4.78 is 53.8. The molecule has 176 valence electrons. The van der Waals surface area contributed by atoms with Gasteiger partial charge in [-0.3, -0.25) is 0 Å². The van der Waals surface area contributed by atoms with E-state index in [0.29, 0.717) is 43.4 Å². The van der Waals surface area contributed by atoms with Gasteiger partial charge in [0.15, 0.2) is 17.5 Å². The molecule has 0 spiro atoms. The molecule has 6 heteroatoms. The second-order valence-electron chi connectivity index (χ2n) is 8.99. The van der Waals surface area contributed by atoms with E-state index in [1.165, 1.54) is 7.11 Å². The minimum absolute atomic E-state index is 0.0199. The number of rotatable bonds is 8. The Morgan fingerprint density at radius 1 is 0.969 bits per heavy atom. The van der Waals surface area contributed by atoms with Gasteiger partial charge in [-0.1, -0.05) is 25.3 Å². The first kappa shape index (κ1) is 24.4. The van der Waals surface area contributed by atoms with Crippen molar-refractivity contribution in [1.29, 1.82) is 0 Å². The molecule has 1 N–H and O–H groups in total. The van der Waals surface area contributed by atoms with E-state index < -0.39 is 17.5 Å². The summed E-state index contributed by atoms with van der Waals surface area (Å²) in [5.74, 6) is -1.76. The van der Waals surface area contributed by atoms with E-state index in [0.717, 1.165) is 31.8 Å². The van der Waals surface area contributed by atoms with Crippen LogP contribution in [0.2, 0.25) is 0 Å². The van der Waals surface area contributed by atoms with Gasteiger partial charge < -0.3 is 14.6 Å². The van der Waals surface area contributed by atoms with Crippen LogP contribution in [0.25, 0.3) is 0 Å². The number of methoxy groups -OCH3 is 1. The lowest BCUT2D eigenvalue weighted by Gasteiger charge is -2.30. The van der Waals surface area contributed by atoms with Crippen molar-refractivity contribution in [3.05, 3.63) is 71.5 Å². The smallest absolute Gasteiger partial charge is 0.168 e. The van der Waals surface area contributed by atoms with Gasteiger partial charge in [-0.2, -0.15) is 0 Å². The van der Waals surface area contributed by atoms with Crippen LogP contribution in [0.15, 0.2) is 48.7 Å². The Kier molecular flexibility index (Phi) is 8.46. The topological polar surface area (TPSA) is 38.7 Å². The highest BCUT2D eigenvalue weighted by molar-refractivity contribution is 5.32. The zero-order valence-corrected chi connectivity index (χ0v) is 18.7. The summed E-state index contributed by atoms with van der Waals surface area (Å²) >= 11 is 0. The van der Waals surface area contributed by atoms with Crippen LogP contribution in [0.5, 0.6) is 0 Å². The van der Waals surface area contributed by atoms with Gasteiger partial charge in [-0.25, -0.2) is 13.2 Å². The Balaban J connectivity index is 1.53. The first-order valence-electron chi connectivity index (χ1n) is 11.4. The van der Waals surface area contributed by atoms with Crippen molar-refractivity contribution in [2.75, 3.05) is 13.7 Å². The van der Waals surface area contributed by atoms with Crippen molar-refractivity contribution in [3.8, 4) is 0 Å². The second-order valence-corrected chi connectivity index (χ2v) is 8.99. The normalized spacial score (nSPS) is 26.5. The molecule has 0 aliphatic heterocycles.